The van der Waals surface area contributed by atoms with Gasteiger partial charge in [-0.15, -0.1) is 0 Å². The normalized spacial score (nSPS) is 10.4. The van der Waals surface area contributed by atoms with Crippen LogP contribution in [0.3, 0.4) is 0 Å². The van der Waals surface area contributed by atoms with E-state index in [1.54, 1.807) is 13.3 Å². The monoisotopic (exact) mass is 258 g/mol. The van der Waals surface area contributed by atoms with Gasteiger partial charge in [-0.2, -0.15) is 0 Å². The smallest absolute Gasteiger partial charge is 0.131 e. The van der Waals surface area contributed by atoms with Crippen molar-refractivity contribution in [1.29, 1.82) is 0 Å². The lowest BCUT2D eigenvalue weighted by Gasteiger charge is -2.08. The second-order valence-corrected chi connectivity index (χ2v) is 4.31. The Kier molecular flexibility index (Phi) is 4.36. The van der Waals surface area contributed by atoms with E-state index in [-0.39, 0.29) is 0 Å². The Hall–Kier alpha value is -2.07. The lowest BCUT2D eigenvalue weighted by Crippen LogP contribution is -2.04. The quantitative estimate of drug-likeness (QED) is 0.838. The van der Waals surface area contributed by atoms with E-state index >= 15 is 0 Å². The number of pyridine rings is 1. The number of ether oxygens (including phenoxy) is 2. The Morgan fingerprint density at radius 3 is 2.58 bits per heavy atom. The summed E-state index contributed by atoms with van der Waals surface area (Å²) in [6, 6.07) is 9.84. The first kappa shape index (κ1) is 13.4. The summed E-state index contributed by atoms with van der Waals surface area (Å²) in [7, 11) is 1.65. The molecule has 0 atom stereocenters. The van der Waals surface area contributed by atoms with E-state index < -0.39 is 0 Å². The van der Waals surface area contributed by atoms with Crippen LogP contribution in [0.1, 0.15) is 5.56 Å². The number of anilines is 1. The molecule has 1 aromatic heterocycles. The molecule has 0 saturated heterocycles. The summed E-state index contributed by atoms with van der Waals surface area (Å²) in [6.45, 7) is 3.12. The molecule has 0 aliphatic carbocycles. The zero-order valence-electron chi connectivity index (χ0n) is 11.2. The van der Waals surface area contributed by atoms with E-state index in [2.05, 4.69) is 4.98 Å². The molecule has 1 heterocycles. The lowest BCUT2D eigenvalue weighted by molar-refractivity contribution is 0.146. The topological polar surface area (TPSA) is 57.4 Å². The molecule has 19 heavy (non-hydrogen) atoms. The molecule has 0 unspecified atom stereocenters. The van der Waals surface area contributed by atoms with Crippen molar-refractivity contribution in [3.8, 4) is 16.9 Å². The molecule has 0 fully saturated rings. The molecule has 2 aromatic rings. The van der Waals surface area contributed by atoms with Gasteiger partial charge in [-0.3, -0.25) is 0 Å². The van der Waals surface area contributed by atoms with E-state index in [0.29, 0.717) is 19.0 Å². The molecule has 4 nitrogen and oxygen atoms in total. The summed E-state index contributed by atoms with van der Waals surface area (Å²) < 4.78 is 10.5. The molecule has 2 rings (SSSR count). The minimum atomic E-state index is 0.540. The first-order valence-corrected chi connectivity index (χ1v) is 6.15. The Bertz CT molecular complexity index is 538. The average molecular weight is 258 g/mol. The first-order valence-electron chi connectivity index (χ1n) is 6.15. The highest BCUT2D eigenvalue weighted by atomic mass is 16.5. The van der Waals surface area contributed by atoms with Crippen LogP contribution in [0, 0.1) is 6.92 Å². The first-order chi connectivity index (χ1) is 9.20. The van der Waals surface area contributed by atoms with Gasteiger partial charge in [-0.25, -0.2) is 4.98 Å². The maximum absolute atomic E-state index is 5.90. The number of hydrogen-bond donors (Lipinski definition) is 1. The zero-order valence-corrected chi connectivity index (χ0v) is 11.2. The molecule has 0 aliphatic heterocycles. The largest absolute Gasteiger partial charge is 0.491 e. The van der Waals surface area contributed by atoms with Crippen molar-refractivity contribution in [3.63, 3.8) is 0 Å². The van der Waals surface area contributed by atoms with Crippen LogP contribution in [0.2, 0.25) is 0 Å². The fourth-order valence-electron chi connectivity index (χ4n) is 1.78. The van der Waals surface area contributed by atoms with Gasteiger partial charge in [-0.1, -0.05) is 12.1 Å². The van der Waals surface area contributed by atoms with Crippen molar-refractivity contribution in [2.24, 2.45) is 0 Å². The Labute approximate surface area is 113 Å². The third-order valence-corrected chi connectivity index (χ3v) is 2.78. The fourth-order valence-corrected chi connectivity index (χ4v) is 1.78. The average Bonchev–Trinajstić information content (AvgIpc) is 2.43. The minimum absolute atomic E-state index is 0.540. The summed E-state index contributed by atoms with van der Waals surface area (Å²) in [5.74, 6) is 1.36. The van der Waals surface area contributed by atoms with Crippen LogP contribution in [-0.4, -0.2) is 25.3 Å². The van der Waals surface area contributed by atoms with Gasteiger partial charge in [-0.05, 0) is 36.2 Å². The number of rotatable bonds is 5. The van der Waals surface area contributed by atoms with Crippen molar-refractivity contribution in [2.75, 3.05) is 26.1 Å². The van der Waals surface area contributed by atoms with Crippen molar-refractivity contribution in [2.45, 2.75) is 6.92 Å². The number of nitrogen functional groups attached to an aromatic ring is 1. The van der Waals surface area contributed by atoms with Gasteiger partial charge in [0.15, 0.2) is 0 Å². The number of hydrogen-bond acceptors (Lipinski definition) is 4. The number of aryl methyl sites for hydroxylation is 1. The molecule has 2 N–H and O–H groups in total. The predicted octanol–water partition coefficient (Wildman–Crippen LogP) is 2.66. The molecule has 0 radical (unpaired) electrons. The predicted molar refractivity (Wildman–Crippen MR) is 76.2 cm³/mol. The molecule has 0 amide bonds. The van der Waals surface area contributed by atoms with E-state index in [0.717, 1.165) is 22.4 Å². The number of benzene rings is 1. The number of methoxy groups -OCH3 is 1. The molecule has 0 aliphatic rings. The molecular weight excluding hydrogens is 240 g/mol. The van der Waals surface area contributed by atoms with E-state index in [9.17, 15) is 0 Å². The summed E-state index contributed by atoms with van der Waals surface area (Å²) >= 11 is 0. The zero-order chi connectivity index (χ0) is 13.7. The molecule has 0 saturated carbocycles. The van der Waals surface area contributed by atoms with Gasteiger partial charge in [0.25, 0.3) is 0 Å². The van der Waals surface area contributed by atoms with Crippen molar-refractivity contribution < 1.29 is 9.47 Å². The highest BCUT2D eigenvalue weighted by Crippen LogP contribution is 2.26. The number of nitrogens with zero attached hydrogens (tertiary/aromatic N) is 1. The lowest BCUT2D eigenvalue weighted by atomic mass is 10.1. The minimum Gasteiger partial charge on any atom is -0.491 e. The highest BCUT2D eigenvalue weighted by molar-refractivity contribution is 5.74. The highest BCUT2D eigenvalue weighted by Gasteiger charge is 2.04. The van der Waals surface area contributed by atoms with Gasteiger partial charge >= 0.3 is 0 Å². The maximum atomic E-state index is 5.90. The van der Waals surface area contributed by atoms with Crippen LogP contribution < -0.4 is 10.5 Å². The van der Waals surface area contributed by atoms with Crippen LogP contribution in [0.15, 0.2) is 36.5 Å². The third kappa shape index (κ3) is 3.45. The Morgan fingerprint density at radius 1 is 1.16 bits per heavy atom. The van der Waals surface area contributed by atoms with Crippen LogP contribution in [-0.2, 0) is 4.74 Å². The molecule has 4 heteroatoms. The number of aromatic nitrogens is 1. The standard InChI is InChI=1S/C15H18N2O2/c1-11-9-14(15(16)17-10-11)12-3-5-13(6-4-12)19-8-7-18-2/h3-6,9-10H,7-8H2,1-2H3,(H2,16,17). The van der Waals surface area contributed by atoms with Gasteiger partial charge in [0.1, 0.15) is 18.2 Å². The van der Waals surface area contributed by atoms with Crippen LogP contribution in [0.4, 0.5) is 5.82 Å². The summed E-state index contributed by atoms with van der Waals surface area (Å²) in [4.78, 5) is 4.17. The van der Waals surface area contributed by atoms with Gasteiger partial charge in [0.2, 0.25) is 0 Å². The maximum Gasteiger partial charge on any atom is 0.131 e. The van der Waals surface area contributed by atoms with Crippen LogP contribution in [0.25, 0.3) is 11.1 Å². The second kappa shape index (κ2) is 6.20. The third-order valence-electron chi connectivity index (χ3n) is 2.78. The van der Waals surface area contributed by atoms with E-state index in [1.807, 2.05) is 37.3 Å². The Balaban J connectivity index is 2.15. The summed E-state index contributed by atoms with van der Waals surface area (Å²) in [5, 5.41) is 0. The van der Waals surface area contributed by atoms with Crippen LogP contribution >= 0.6 is 0 Å². The van der Waals surface area contributed by atoms with Crippen molar-refractivity contribution >= 4 is 5.82 Å². The molecule has 0 bridgehead atoms. The van der Waals surface area contributed by atoms with Gasteiger partial charge < -0.3 is 15.2 Å². The Morgan fingerprint density at radius 2 is 1.89 bits per heavy atom. The SMILES string of the molecule is COCCOc1ccc(-c2cc(C)cnc2N)cc1. The van der Waals surface area contributed by atoms with Crippen molar-refractivity contribution in [3.05, 3.63) is 42.1 Å². The van der Waals surface area contributed by atoms with Gasteiger partial charge in [0.05, 0.1) is 6.61 Å². The molecule has 0 spiro atoms. The fraction of sp³-hybridized carbons (Fsp3) is 0.267. The summed E-state index contributed by atoms with van der Waals surface area (Å²) in [6.07, 6.45) is 1.76. The number of nitrogens with two attached hydrogens (primary N) is 1. The summed E-state index contributed by atoms with van der Waals surface area (Å²) in [5.41, 5.74) is 8.97. The van der Waals surface area contributed by atoms with E-state index in [1.165, 1.54) is 0 Å². The molecular formula is C15H18N2O2. The van der Waals surface area contributed by atoms with E-state index in [4.69, 9.17) is 15.2 Å². The van der Waals surface area contributed by atoms with Crippen molar-refractivity contribution in [1.82, 2.24) is 4.98 Å². The second-order valence-electron chi connectivity index (χ2n) is 4.31. The molecule has 100 valence electrons. The van der Waals surface area contributed by atoms with Crippen LogP contribution in [0.5, 0.6) is 5.75 Å². The molecule has 1 aromatic carbocycles. The van der Waals surface area contributed by atoms with Gasteiger partial charge in [0, 0.05) is 18.9 Å².